The van der Waals surface area contributed by atoms with Crippen molar-refractivity contribution in [3.8, 4) is 0 Å². The van der Waals surface area contributed by atoms with Crippen LogP contribution in [0.4, 0.5) is 0 Å². The van der Waals surface area contributed by atoms with Gasteiger partial charge in [-0.25, -0.2) is 4.98 Å². The molecule has 7 N–H and O–H groups in total. The van der Waals surface area contributed by atoms with Crippen molar-refractivity contribution in [1.82, 2.24) is 20.6 Å². The molecular weight excluding hydrogens is 300 g/mol. The Labute approximate surface area is 134 Å². The van der Waals surface area contributed by atoms with Gasteiger partial charge < -0.3 is 31.9 Å². The quantitative estimate of drug-likeness (QED) is 0.239. The van der Waals surface area contributed by atoms with Crippen LogP contribution in [0.1, 0.15) is 25.0 Å². The van der Waals surface area contributed by atoms with E-state index in [0.717, 1.165) is 12.8 Å². The summed E-state index contributed by atoms with van der Waals surface area (Å²) in [6.07, 6.45) is 5.98. The summed E-state index contributed by atoms with van der Waals surface area (Å²) in [5, 5.41) is 5.17. The Bertz CT molecular complexity index is 491. The highest BCUT2D eigenvalue weighted by molar-refractivity contribution is 5.89. The van der Waals surface area contributed by atoms with Crippen molar-refractivity contribution in [1.29, 1.82) is 0 Å². The van der Waals surface area contributed by atoms with Gasteiger partial charge in [-0.05, 0) is 25.8 Å². The van der Waals surface area contributed by atoms with Crippen LogP contribution in [0.2, 0.25) is 0 Å². The fraction of sp³-hybridized carbons (Fsp3) is 0.571. The normalized spacial score (nSPS) is 13.1. The van der Waals surface area contributed by atoms with E-state index < -0.39 is 23.9 Å². The predicted molar refractivity (Wildman–Crippen MR) is 84.2 cm³/mol. The second-order valence-corrected chi connectivity index (χ2v) is 5.14. The summed E-state index contributed by atoms with van der Waals surface area (Å²) in [5.74, 6) is -0.887. The lowest BCUT2D eigenvalue weighted by molar-refractivity contribution is -0.129. The van der Waals surface area contributed by atoms with E-state index in [2.05, 4.69) is 20.6 Å². The Morgan fingerprint density at radius 1 is 1.30 bits per heavy atom. The first kappa shape index (κ1) is 18.8. The minimum Gasteiger partial charge on any atom is -0.348 e. The van der Waals surface area contributed by atoms with Crippen LogP contribution in [0.3, 0.4) is 0 Å². The van der Waals surface area contributed by atoms with E-state index in [4.69, 9.17) is 11.5 Å². The maximum atomic E-state index is 12.3. The summed E-state index contributed by atoms with van der Waals surface area (Å²) in [4.78, 5) is 41.7. The number of hydrogen-bond donors (Lipinski definition) is 5. The van der Waals surface area contributed by atoms with Gasteiger partial charge in [0.15, 0.2) is 0 Å². The Balaban J connectivity index is 2.65. The van der Waals surface area contributed by atoms with Gasteiger partial charge in [-0.3, -0.25) is 9.59 Å². The van der Waals surface area contributed by atoms with Gasteiger partial charge in [0.25, 0.3) is 0 Å². The zero-order chi connectivity index (χ0) is 17.1. The number of H-pyrrole nitrogens is 1. The number of rotatable bonds is 11. The SMILES string of the molecule is NCCCC[C@@H](C=O)NC(=O)[C@H](Cc1cnc[nH]1)NC(=O)CN. The molecule has 0 fully saturated rings. The molecule has 0 aliphatic carbocycles. The fourth-order valence-corrected chi connectivity index (χ4v) is 2.04. The number of carbonyl (C=O) groups is 3. The zero-order valence-corrected chi connectivity index (χ0v) is 13.0. The molecule has 23 heavy (non-hydrogen) atoms. The third-order valence-corrected chi connectivity index (χ3v) is 3.28. The predicted octanol–water partition coefficient (Wildman–Crippen LogP) is -1.79. The molecule has 0 saturated heterocycles. The maximum absolute atomic E-state index is 12.3. The molecule has 1 aromatic rings. The molecular formula is C14H24N6O3. The van der Waals surface area contributed by atoms with Crippen LogP contribution >= 0.6 is 0 Å². The average Bonchev–Trinajstić information content (AvgIpc) is 3.06. The van der Waals surface area contributed by atoms with Gasteiger partial charge in [0.1, 0.15) is 12.3 Å². The van der Waals surface area contributed by atoms with Crippen LogP contribution in [0.5, 0.6) is 0 Å². The molecule has 2 atom stereocenters. The third-order valence-electron chi connectivity index (χ3n) is 3.28. The third kappa shape index (κ3) is 7.02. The first-order chi connectivity index (χ1) is 11.1. The zero-order valence-electron chi connectivity index (χ0n) is 13.0. The molecule has 0 unspecified atom stereocenters. The maximum Gasteiger partial charge on any atom is 0.243 e. The van der Waals surface area contributed by atoms with Crippen LogP contribution in [-0.4, -0.2) is 53.2 Å². The number of nitrogens with one attached hydrogen (secondary N) is 3. The summed E-state index contributed by atoms with van der Waals surface area (Å²) in [6.45, 7) is 0.314. The number of amides is 2. The molecule has 0 aromatic carbocycles. The molecule has 1 heterocycles. The van der Waals surface area contributed by atoms with E-state index in [1.54, 1.807) is 6.20 Å². The highest BCUT2D eigenvalue weighted by Crippen LogP contribution is 2.02. The summed E-state index contributed by atoms with van der Waals surface area (Å²) >= 11 is 0. The van der Waals surface area contributed by atoms with Gasteiger partial charge >= 0.3 is 0 Å². The smallest absolute Gasteiger partial charge is 0.243 e. The number of unbranched alkanes of at least 4 members (excludes halogenated alkanes) is 1. The van der Waals surface area contributed by atoms with E-state index in [-0.39, 0.29) is 13.0 Å². The van der Waals surface area contributed by atoms with Crippen molar-refractivity contribution < 1.29 is 14.4 Å². The van der Waals surface area contributed by atoms with Crippen molar-refractivity contribution in [2.75, 3.05) is 13.1 Å². The van der Waals surface area contributed by atoms with E-state index in [1.165, 1.54) is 6.33 Å². The minimum atomic E-state index is -0.830. The number of imidazole rings is 1. The lowest BCUT2D eigenvalue weighted by atomic mass is 10.1. The highest BCUT2D eigenvalue weighted by Gasteiger charge is 2.23. The summed E-state index contributed by atoms with van der Waals surface area (Å²) in [7, 11) is 0. The van der Waals surface area contributed by atoms with Crippen LogP contribution in [0, 0.1) is 0 Å². The molecule has 0 aliphatic rings. The Kier molecular flexibility index (Phi) is 8.55. The summed E-state index contributed by atoms with van der Waals surface area (Å²) < 4.78 is 0. The van der Waals surface area contributed by atoms with E-state index in [1.807, 2.05) is 0 Å². The molecule has 0 spiro atoms. The highest BCUT2D eigenvalue weighted by atomic mass is 16.2. The van der Waals surface area contributed by atoms with Crippen molar-refractivity contribution in [3.63, 3.8) is 0 Å². The van der Waals surface area contributed by atoms with Gasteiger partial charge in [0, 0.05) is 18.3 Å². The molecule has 1 aromatic heterocycles. The fourth-order valence-electron chi connectivity index (χ4n) is 2.04. The first-order valence-corrected chi connectivity index (χ1v) is 7.53. The minimum absolute atomic E-state index is 0.222. The Morgan fingerprint density at radius 3 is 2.65 bits per heavy atom. The number of nitrogens with zero attached hydrogens (tertiary/aromatic N) is 1. The second-order valence-electron chi connectivity index (χ2n) is 5.14. The van der Waals surface area contributed by atoms with Gasteiger partial charge in [-0.15, -0.1) is 0 Å². The second kappa shape index (κ2) is 10.5. The number of hydrogen-bond acceptors (Lipinski definition) is 6. The molecule has 0 radical (unpaired) electrons. The van der Waals surface area contributed by atoms with Crippen molar-refractivity contribution in [3.05, 3.63) is 18.2 Å². The summed E-state index contributed by atoms with van der Waals surface area (Å²) in [5.41, 5.74) is 11.4. The standard InChI is InChI=1S/C14H24N6O3/c15-4-2-1-3-10(8-21)19-14(23)12(20-13(22)6-16)5-11-7-17-9-18-11/h7-10,12H,1-6,15-16H2,(H,17,18)(H,19,23)(H,20,22)/t10-,12-/m0/s1. The van der Waals surface area contributed by atoms with Crippen LogP contribution in [0.25, 0.3) is 0 Å². The average molecular weight is 324 g/mol. The number of aromatic amines is 1. The van der Waals surface area contributed by atoms with Gasteiger partial charge in [-0.1, -0.05) is 0 Å². The van der Waals surface area contributed by atoms with Crippen molar-refractivity contribution >= 4 is 18.1 Å². The van der Waals surface area contributed by atoms with Crippen LogP contribution in [0.15, 0.2) is 12.5 Å². The number of aldehydes is 1. The largest absolute Gasteiger partial charge is 0.348 e. The van der Waals surface area contributed by atoms with Crippen molar-refractivity contribution in [2.24, 2.45) is 11.5 Å². The molecule has 0 saturated carbocycles. The van der Waals surface area contributed by atoms with E-state index in [0.29, 0.717) is 24.9 Å². The molecule has 9 nitrogen and oxygen atoms in total. The molecule has 128 valence electrons. The lowest BCUT2D eigenvalue weighted by Gasteiger charge is -2.20. The molecule has 0 bridgehead atoms. The lowest BCUT2D eigenvalue weighted by Crippen LogP contribution is -2.52. The first-order valence-electron chi connectivity index (χ1n) is 7.53. The Morgan fingerprint density at radius 2 is 2.09 bits per heavy atom. The van der Waals surface area contributed by atoms with E-state index in [9.17, 15) is 14.4 Å². The summed E-state index contributed by atoms with van der Waals surface area (Å²) in [6, 6.07) is -1.43. The van der Waals surface area contributed by atoms with Gasteiger partial charge in [0.05, 0.1) is 18.9 Å². The molecule has 9 heteroatoms. The number of nitrogens with two attached hydrogens (primary N) is 2. The molecule has 0 aliphatic heterocycles. The molecule has 2 amide bonds. The number of carbonyl (C=O) groups excluding carboxylic acids is 3. The van der Waals surface area contributed by atoms with E-state index >= 15 is 0 Å². The molecule has 1 rings (SSSR count). The van der Waals surface area contributed by atoms with Gasteiger partial charge in [0.2, 0.25) is 11.8 Å². The monoisotopic (exact) mass is 324 g/mol. The van der Waals surface area contributed by atoms with Crippen LogP contribution in [-0.2, 0) is 20.8 Å². The van der Waals surface area contributed by atoms with Crippen LogP contribution < -0.4 is 22.1 Å². The van der Waals surface area contributed by atoms with Gasteiger partial charge in [-0.2, -0.15) is 0 Å². The number of aromatic nitrogens is 2. The Hall–Kier alpha value is -2.26. The topological polar surface area (TPSA) is 156 Å². The van der Waals surface area contributed by atoms with Crippen molar-refractivity contribution in [2.45, 2.75) is 37.8 Å².